The van der Waals surface area contributed by atoms with Crippen LogP contribution in [0.5, 0.6) is 0 Å². The van der Waals surface area contributed by atoms with Crippen molar-refractivity contribution in [3.63, 3.8) is 0 Å². The maximum atomic E-state index is 13.7. The van der Waals surface area contributed by atoms with Gasteiger partial charge in [0.05, 0.1) is 16.5 Å². The highest BCUT2D eigenvalue weighted by Gasteiger charge is 2.30. The van der Waals surface area contributed by atoms with Crippen molar-refractivity contribution in [3.05, 3.63) is 105 Å². The Balaban J connectivity index is 1.96. The molecule has 0 aliphatic heterocycles. The molecule has 3 aromatic rings. The molecule has 0 unspecified atom stereocenters. The van der Waals surface area contributed by atoms with Gasteiger partial charge in [-0.05, 0) is 41.7 Å². The summed E-state index contributed by atoms with van der Waals surface area (Å²) >= 11 is 12.4. The second-order valence-corrected chi connectivity index (χ2v) is 10.1. The molecule has 0 heterocycles. The molecule has 3 rings (SSSR count). The molecule has 0 spiro atoms. The Hall–Kier alpha value is -2.82. The van der Waals surface area contributed by atoms with E-state index in [0.29, 0.717) is 28.9 Å². The number of nitrogens with one attached hydrogen (secondary N) is 1. The zero-order chi connectivity index (χ0) is 25.4. The molecule has 184 valence electrons. The van der Waals surface area contributed by atoms with Gasteiger partial charge in [-0.25, -0.2) is 0 Å². The number of carbonyl (C=O) groups excluding carboxylic acids is 2. The predicted molar refractivity (Wildman–Crippen MR) is 144 cm³/mol. The number of hydrogen-bond donors (Lipinski definition) is 1. The third-order valence-electron chi connectivity index (χ3n) is 5.77. The maximum Gasteiger partial charge on any atom is 0.243 e. The van der Waals surface area contributed by atoms with Gasteiger partial charge >= 0.3 is 0 Å². The summed E-state index contributed by atoms with van der Waals surface area (Å²) in [5.41, 5.74) is 3.83. The van der Waals surface area contributed by atoms with Gasteiger partial charge in [0.2, 0.25) is 11.8 Å². The predicted octanol–water partition coefficient (Wildman–Crippen LogP) is 6.26. The van der Waals surface area contributed by atoms with Gasteiger partial charge in [0.25, 0.3) is 0 Å². The molecule has 0 saturated heterocycles. The molecular formula is C29H32Cl2N2O2. The first-order valence-corrected chi connectivity index (χ1v) is 12.6. The monoisotopic (exact) mass is 510 g/mol. The first-order valence-electron chi connectivity index (χ1n) is 11.8. The van der Waals surface area contributed by atoms with E-state index < -0.39 is 6.04 Å². The van der Waals surface area contributed by atoms with Gasteiger partial charge in [0, 0.05) is 19.5 Å². The van der Waals surface area contributed by atoms with Crippen LogP contribution in [-0.2, 0) is 29.0 Å². The van der Waals surface area contributed by atoms with E-state index in [2.05, 4.69) is 5.32 Å². The smallest absolute Gasteiger partial charge is 0.243 e. The Morgan fingerprint density at radius 2 is 1.51 bits per heavy atom. The molecule has 35 heavy (non-hydrogen) atoms. The molecule has 0 aromatic heterocycles. The Morgan fingerprint density at radius 3 is 2.14 bits per heavy atom. The van der Waals surface area contributed by atoms with Crippen molar-refractivity contribution in [1.82, 2.24) is 10.2 Å². The van der Waals surface area contributed by atoms with E-state index in [0.717, 1.165) is 22.3 Å². The molecule has 0 bridgehead atoms. The molecular weight excluding hydrogens is 479 g/mol. The van der Waals surface area contributed by atoms with E-state index in [-0.39, 0.29) is 24.8 Å². The Morgan fingerprint density at radius 1 is 0.857 bits per heavy atom. The normalized spacial score (nSPS) is 11.8. The van der Waals surface area contributed by atoms with Gasteiger partial charge in [-0.2, -0.15) is 0 Å². The van der Waals surface area contributed by atoms with Crippen LogP contribution < -0.4 is 5.32 Å². The third kappa shape index (κ3) is 8.12. The lowest BCUT2D eigenvalue weighted by atomic mass is 10.0. The molecule has 0 aliphatic rings. The van der Waals surface area contributed by atoms with Crippen molar-refractivity contribution >= 4 is 35.0 Å². The third-order valence-corrected chi connectivity index (χ3v) is 6.51. The number of rotatable bonds is 10. The first-order chi connectivity index (χ1) is 16.7. The topological polar surface area (TPSA) is 49.4 Å². The van der Waals surface area contributed by atoms with Crippen LogP contribution in [0.25, 0.3) is 0 Å². The van der Waals surface area contributed by atoms with E-state index in [1.807, 2.05) is 81.4 Å². The van der Waals surface area contributed by atoms with E-state index in [4.69, 9.17) is 23.2 Å². The summed E-state index contributed by atoms with van der Waals surface area (Å²) in [5, 5.41) is 3.90. The molecule has 2 amide bonds. The zero-order valence-electron chi connectivity index (χ0n) is 20.4. The lowest BCUT2D eigenvalue weighted by Crippen LogP contribution is -2.51. The van der Waals surface area contributed by atoms with Crippen molar-refractivity contribution in [2.75, 3.05) is 6.54 Å². The number of amides is 2. The quantitative estimate of drug-likeness (QED) is 0.350. The summed E-state index contributed by atoms with van der Waals surface area (Å²) in [6.45, 7) is 6.88. The molecule has 3 aromatic carbocycles. The summed E-state index contributed by atoms with van der Waals surface area (Å²) in [6.07, 6.45) is 0.607. The molecule has 0 radical (unpaired) electrons. The summed E-state index contributed by atoms with van der Waals surface area (Å²) in [5.74, 6) is 0.00327. The average Bonchev–Trinajstić information content (AvgIpc) is 2.84. The fourth-order valence-corrected chi connectivity index (χ4v) is 4.11. The summed E-state index contributed by atoms with van der Waals surface area (Å²) in [7, 11) is 0. The van der Waals surface area contributed by atoms with Crippen molar-refractivity contribution in [2.24, 2.45) is 5.92 Å². The fraction of sp³-hybridized carbons (Fsp3) is 0.310. The minimum absolute atomic E-state index is 0.124. The zero-order valence-corrected chi connectivity index (χ0v) is 21.9. The summed E-state index contributed by atoms with van der Waals surface area (Å²) in [6, 6.07) is 22.3. The molecule has 0 fully saturated rings. The van der Waals surface area contributed by atoms with E-state index in [9.17, 15) is 9.59 Å². The molecule has 4 nitrogen and oxygen atoms in total. The number of benzene rings is 3. The summed E-state index contributed by atoms with van der Waals surface area (Å²) < 4.78 is 0. The Labute approximate surface area is 218 Å². The number of halogens is 2. The second-order valence-electron chi connectivity index (χ2n) is 9.28. The highest BCUT2D eigenvalue weighted by atomic mass is 35.5. The van der Waals surface area contributed by atoms with Gasteiger partial charge in [-0.1, -0.05) is 103 Å². The van der Waals surface area contributed by atoms with Crippen molar-refractivity contribution in [2.45, 2.75) is 46.2 Å². The standard InChI is InChI=1S/C29H32Cl2N2O2/c1-20(2)18-32-29(35)27(16-22-7-5-4-6-8-22)33(19-24-13-14-25(30)26(31)15-24)28(34)17-23-11-9-21(3)10-12-23/h4-15,20,27H,16-19H2,1-3H3,(H,32,35)/t27-/m1/s1. The van der Waals surface area contributed by atoms with Crippen molar-refractivity contribution in [1.29, 1.82) is 0 Å². The highest BCUT2D eigenvalue weighted by molar-refractivity contribution is 6.42. The lowest BCUT2D eigenvalue weighted by Gasteiger charge is -2.32. The number of nitrogens with zero attached hydrogens (tertiary/aromatic N) is 1. The van der Waals surface area contributed by atoms with Gasteiger partial charge < -0.3 is 10.2 Å². The molecule has 1 atom stereocenters. The van der Waals surface area contributed by atoms with Crippen LogP contribution in [-0.4, -0.2) is 29.3 Å². The van der Waals surface area contributed by atoms with Crippen LogP contribution in [0.1, 0.15) is 36.1 Å². The van der Waals surface area contributed by atoms with Crippen molar-refractivity contribution < 1.29 is 9.59 Å². The van der Waals surface area contributed by atoms with Crippen LogP contribution in [0.2, 0.25) is 10.0 Å². The number of carbonyl (C=O) groups is 2. The van der Waals surface area contributed by atoms with Gasteiger partial charge in [-0.15, -0.1) is 0 Å². The maximum absolute atomic E-state index is 13.7. The molecule has 6 heteroatoms. The minimum atomic E-state index is -0.677. The second kappa shape index (κ2) is 12.8. The van der Waals surface area contributed by atoms with Crippen LogP contribution in [0.4, 0.5) is 0 Å². The van der Waals surface area contributed by atoms with Crippen LogP contribution >= 0.6 is 23.2 Å². The molecule has 1 N–H and O–H groups in total. The van der Waals surface area contributed by atoms with Crippen LogP contribution in [0, 0.1) is 12.8 Å². The fourth-order valence-electron chi connectivity index (χ4n) is 3.79. The average molecular weight is 511 g/mol. The summed E-state index contributed by atoms with van der Waals surface area (Å²) in [4.78, 5) is 28.8. The van der Waals surface area contributed by atoms with Gasteiger partial charge in [0.15, 0.2) is 0 Å². The highest BCUT2D eigenvalue weighted by Crippen LogP contribution is 2.24. The SMILES string of the molecule is Cc1ccc(CC(=O)N(Cc2ccc(Cl)c(Cl)c2)[C@H](Cc2ccccc2)C(=O)NCC(C)C)cc1. The van der Waals surface area contributed by atoms with Gasteiger partial charge in [-0.3, -0.25) is 9.59 Å². The Bertz CT molecular complexity index is 1130. The number of aryl methyl sites for hydroxylation is 1. The largest absolute Gasteiger partial charge is 0.354 e. The van der Waals surface area contributed by atoms with E-state index >= 15 is 0 Å². The minimum Gasteiger partial charge on any atom is -0.354 e. The lowest BCUT2D eigenvalue weighted by molar-refractivity contribution is -0.140. The molecule has 0 saturated carbocycles. The van der Waals surface area contributed by atoms with E-state index in [1.165, 1.54) is 0 Å². The molecule has 0 aliphatic carbocycles. The number of hydrogen-bond acceptors (Lipinski definition) is 2. The van der Waals surface area contributed by atoms with Crippen molar-refractivity contribution in [3.8, 4) is 0 Å². The van der Waals surface area contributed by atoms with E-state index in [1.54, 1.807) is 17.0 Å². The van der Waals surface area contributed by atoms with Gasteiger partial charge in [0.1, 0.15) is 6.04 Å². The first kappa shape index (κ1) is 26.8. The van der Waals surface area contributed by atoms with Crippen LogP contribution in [0.3, 0.4) is 0 Å². The Kier molecular flexibility index (Phi) is 9.76. The van der Waals surface area contributed by atoms with Crippen LogP contribution in [0.15, 0.2) is 72.8 Å².